The fourth-order valence-electron chi connectivity index (χ4n) is 2.95. The van der Waals surface area contributed by atoms with E-state index >= 15 is 0 Å². The van der Waals surface area contributed by atoms with Crippen molar-refractivity contribution in [2.24, 2.45) is 0 Å². The highest BCUT2D eigenvalue weighted by atomic mass is 35.5. The molecular formula is C22H27ClN4O2. The number of rotatable bonds is 9. The number of hydrogen-bond acceptors (Lipinski definition) is 4. The van der Waals surface area contributed by atoms with Crippen LogP contribution in [0.4, 0.5) is 0 Å². The smallest absolute Gasteiger partial charge is 0.255 e. The summed E-state index contributed by atoms with van der Waals surface area (Å²) in [6.45, 7) is 4.34. The lowest BCUT2D eigenvalue weighted by Crippen LogP contribution is -2.32. The Morgan fingerprint density at radius 2 is 1.76 bits per heavy atom. The summed E-state index contributed by atoms with van der Waals surface area (Å²) in [5.74, 6) is 0.529. The normalized spacial score (nSPS) is 10.3. The van der Waals surface area contributed by atoms with Gasteiger partial charge in [-0.15, -0.1) is 12.4 Å². The van der Waals surface area contributed by atoms with Gasteiger partial charge in [0.2, 0.25) is 0 Å². The van der Waals surface area contributed by atoms with E-state index < -0.39 is 0 Å². The zero-order valence-corrected chi connectivity index (χ0v) is 17.5. The number of nitrogens with one attached hydrogen (secondary N) is 2. The summed E-state index contributed by atoms with van der Waals surface area (Å²) < 4.78 is 7.21. The lowest BCUT2D eigenvalue weighted by molar-refractivity contribution is 0.0954. The standard InChI is InChI=1S/C22H26N4O2.ClH/c1-3-13-23-14-15-24-22(27)19-16-26(17-9-5-4-6-10-17)25-21(19)18-11-7-8-12-20(18)28-2;/h4-12,16,23H,3,13-15H2,1-2H3,(H,24,27);1H. The summed E-state index contributed by atoms with van der Waals surface area (Å²) in [4.78, 5) is 12.9. The molecule has 0 unspecified atom stereocenters. The number of carbonyl (C=O) groups is 1. The highest BCUT2D eigenvalue weighted by Gasteiger charge is 2.20. The Morgan fingerprint density at radius 1 is 1.03 bits per heavy atom. The summed E-state index contributed by atoms with van der Waals surface area (Å²) in [5.41, 5.74) is 2.79. The third-order valence-corrected chi connectivity index (χ3v) is 4.36. The molecule has 6 nitrogen and oxygen atoms in total. The summed E-state index contributed by atoms with van der Waals surface area (Å²) >= 11 is 0. The first-order valence-corrected chi connectivity index (χ1v) is 9.52. The highest BCUT2D eigenvalue weighted by molar-refractivity contribution is 6.00. The molecule has 1 aromatic heterocycles. The molecule has 0 saturated carbocycles. The van der Waals surface area contributed by atoms with Crippen molar-refractivity contribution in [3.8, 4) is 22.7 Å². The predicted molar refractivity (Wildman–Crippen MR) is 118 cm³/mol. The first kappa shape index (κ1) is 22.5. The molecule has 0 fully saturated rings. The van der Waals surface area contributed by atoms with Gasteiger partial charge in [-0.25, -0.2) is 4.68 Å². The van der Waals surface area contributed by atoms with Gasteiger partial charge in [0.1, 0.15) is 11.4 Å². The number of amides is 1. The summed E-state index contributed by atoms with van der Waals surface area (Å²) in [6.07, 6.45) is 2.83. The SMILES string of the molecule is CCCNCCNC(=O)c1cn(-c2ccccc2)nc1-c1ccccc1OC.Cl. The van der Waals surface area contributed by atoms with Crippen LogP contribution in [-0.2, 0) is 0 Å². The van der Waals surface area contributed by atoms with Crippen LogP contribution in [0.15, 0.2) is 60.8 Å². The molecule has 2 aromatic carbocycles. The first-order chi connectivity index (χ1) is 13.7. The second-order valence-electron chi connectivity index (χ2n) is 6.38. The van der Waals surface area contributed by atoms with E-state index in [4.69, 9.17) is 9.84 Å². The van der Waals surface area contributed by atoms with Crippen LogP contribution in [0.2, 0.25) is 0 Å². The number of benzene rings is 2. The van der Waals surface area contributed by atoms with Gasteiger partial charge in [0.25, 0.3) is 5.91 Å². The number of methoxy groups -OCH3 is 1. The van der Waals surface area contributed by atoms with Gasteiger partial charge >= 0.3 is 0 Å². The maximum atomic E-state index is 12.9. The van der Waals surface area contributed by atoms with Gasteiger partial charge in [-0.05, 0) is 37.2 Å². The van der Waals surface area contributed by atoms with Crippen LogP contribution in [-0.4, -0.2) is 42.4 Å². The minimum atomic E-state index is -0.151. The van der Waals surface area contributed by atoms with Gasteiger partial charge in [-0.1, -0.05) is 37.3 Å². The topological polar surface area (TPSA) is 68.2 Å². The molecule has 2 N–H and O–H groups in total. The van der Waals surface area contributed by atoms with Crippen LogP contribution >= 0.6 is 12.4 Å². The molecule has 0 spiro atoms. The molecular weight excluding hydrogens is 388 g/mol. The second-order valence-corrected chi connectivity index (χ2v) is 6.38. The Morgan fingerprint density at radius 3 is 2.48 bits per heavy atom. The number of hydrogen-bond donors (Lipinski definition) is 2. The van der Waals surface area contributed by atoms with E-state index in [1.54, 1.807) is 18.0 Å². The van der Waals surface area contributed by atoms with E-state index in [1.807, 2.05) is 54.6 Å². The number of nitrogens with zero attached hydrogens (tertiary/aromatic N) is 2. The van der Waals surface area contributed by atoms with E-state index in [2.05, 4.69) is 17.6 Å². The molecule has 3 rings (SSSR count). The van der Waals surface area contributed by atoms with Gasteiger partial charge in [-0.2, -0.15) is 5.10 Å². The minimum absolute atomic E-state index is 0. The molecule has 1 amide bonds. The Balaban J connectivity index is 0.00000300. The maximum absolute atomic E-state index is 12.9. The fraction of sp³-hybridized carbons (Fsp3) is 0.273. The third kappa shape index (κ3) is 5.59. The van der Waals surface area contributed by atoms with Gasteiger partial charge in [-0.3, -0.25) is 4.79 Å². The van der Waals surface area contributed by atoms with Crippen molar-refractivity contribution in [3.05, 3.63) is 66.4 Å². The second kappa shape index (κ2) is 11.2. The predicted octanol–water partition coefficient (Wildman–Crippen LogP) is 3.70. The summed E-state index contributed by atoms with van der Waals surface area (Å²) in [5, 5.41) is 11.0. The van der Waals surface area contributed by atoms with Crippen LogP contribution in [0.25, 0.3) is 16.9 Å². The molecule has 0 aliphatic rings. The van der Waals surface area contributed by atoms with Gasteiger partial charge in [0, 0.05) is 24.8 Å². The maximum Gasteiger partial charge on any atom is 0.255 e. The quantitative estimate of drug-likeness (QED) is 0.524. The van der Waals surface area contributed by atoms with Crippen molar-refractivity contribution in [3.63, 3.8) is 0 Å². The van der Waals surface area contributed by atoms with Crippen molar-refractivity contribution >= 4 is 18.3 Å². The van der Waals surface area contributed by atoms with Gasteiger partial charge in [0.15, 0.2) is 0 Å². The molecule has 7 heteroatoms. The van der Waals surface area contributed by atoms with Crippen LogP contribution < -0.4 is 15.4 Å². The average molecular weight is 415 g/mol. The van der Waals surface area contributed by atoms with E-state index in [1.165, 1.54) is 0 Å². The zero-order chi connectivity index (χ0) is 19.8. The number of aromatic nitrogens is 2. The van der Waals surface area contributed by atoms with E-state index in [0.29, 0.717) is 23.6 Å². The zero-order valence-electron chi connectivity index (χ0n) is 16.7. The summed E-state index contributed by atoms with van der Waals surface area (Å²) in [7, 11) is 1.62. The Bertz CT molecular complexity index is 912. The Hall–Kier alpha value is -2.83. The first-order valence-electron chi connectivity index (χ1n) is 9.52. The van der Waals surface area contributed by atoms with Crippen molar-refractivity contribution < 1.29 is 9.53 Å². The molecule has 154 valence electrons. The fourth-order valence-corrected chi connectivity index (χ4v) is 2.95. The van der Waals surface area contributed by atoms with Crippen molar-refractivity contribution in [1.29, 1.82) is 0 Å². The molecule has 0 radical (unpaired) electrons. The number of ether oxygens (including phenoxy) is 1. The monoisotopic (exact) mass is 414 g/mol. The van der Waals surface area contributed by atoms with Crippen LogP contribution in [0, 0.1) is 0 Å². The Kier molecular flexibility index (Phi) is 8.70. The lowest BCUT2D eigenvalue weighted by Gasteiger charge is -2.09. The molecule has 0 aliphatic carbocycles. The van der Waals surface area contributed by atoms with Gasteiger partial charge in [0.05, 0.1) is 18.4 Å². The molecule has 0 saturated heterocycles. The number of carbonyl (C=O) groups excluding carboxylic acids is 1. The number of halogens is 1. The largest absolute Gasteiger partial charge is 0.496 e. The van der Waals surface area contributed by atoms with Crippen LogP contribution in [0.3, 0.4) is 0 Å². The van der Waals surface area contributed by atoms with Crippen molar-refractivity contribution in [2.45, 2.75) is 13.3 Å². The molecule has 0 aliphatic heterocycles. The van der Waals surface area contributed by atoms with Crippen molar-refractivity contribution in [2.75, 3.05) is 26.7 Å². The van der Waals surface area contributed by atoms with Gasteiger partial charge < -0.3 is 15.4 Å². The Labute approximate surface area is 177 Å². The minimum Gasteiger partial charge on any atom is -0.496 e. The van der Waals surface area contributed by atoms with Crippen LogP contribution in [0.5, 0.6) is 5.75 Å². The van der Waals surface area contributed by atoms with Crippen LogP contribution in [0.1, 0.15) is 23.7 Å². The molecule has 29 heavy (non-hydrogen) atoms. The molecule has 3 aromatic rings. The molecule has 1 heterocycles. The molecule has 0 atom stereocenters. The number of para-hydroxylation sites is 2. The van der Waals surface area contributed by atoms with E-state index in [-0.39, 0.29) is 18.3 Å². The third-order valence-electron chi connectivity index (χ3n) is 4.36. The molecule has 0 bridgehead atoms. The van der Waals surface area contributed by atoms with E-state index in [0.717, 1.165) is 30.8 Å². The van der Waals surface area contributed by atoms with Crippen molar-refractivity contribution in [1.82, 2.24) is 20.4 Å². The highest BCUT2D eigenvalue weighted by Crippen LogP contribution is 2.31. The average Bonchev–Trinajstić information content (AvgIpc) is 3.19. The lowest BCUT2D eigenvalue weighted by atomic mass is 10.1. The summed E-state index contributed by atoms with van der Waals surface area (Å²) in [6, 6.07) is 17.3. The van der Waals surface area contributed by atoms with E-state index in [9.17, 15) is 4.79 Å².